The van der Waals surface area contributed by atoms with Gasteiger partial charge in [-0.15, -0.1) is 0 Å². The number of esters is 2. The molecule has 1 N–H and O–H groups in total. The van der Waals surface area contributed by atoms with Crippen LogP contribution in [0.5, 0.6) is 23.0 Å². The number of hydrogen-bond acceptors (Lipinski definition) is 18. The summed E-state index contributed by atoms with van der Waals surface area (Å²) in [5.74, 6) is 5.65. The third kappa shape index (κ3) is 30.8. The molecule has 2 aliphatic rings. The first-order valence-electron chi connectivity index (χ1n) is 44.2. The molecule has 9 atom stereocenters. The number of rotatable bonds is 40. The van der Waals surface area contributed by atoms with E-state index in [1.807, 2.05) is 62.4 Å². The van der Waals surface area contributed by atoms with E-state index in [1.165, 1.54) is 47.6 Å². The van der Waals surface area contributed by atoms with Gasteiger partial charge in [0.15, 0.2) is 31.4 Å². The minimum atomic E-state index is -2.92. The van der Waals surface area contributed by atoms with Crippen molar-refractivity contribution in [3.8, 4) is 34.8 Å². The number of aldehydes is 1. The smallest absolute Gasteiger partial charge is 0.342 e. The monoisotopic (exact) mass is 1940 g/mol. The van der Waals surface area contributed by atoms with Gasteiger partial charge in [0.05, 0.1) is 49.5 Å². The van der Waals surface area contributed by atoms with E-state index in [0.29, 0.717) is 66.8 Å². The fraction of sp³-hybridized carbons (Fsp3) is 0.452. The largest absolute Gasteiger partial charge is 0.497 e. The van der Waals surface area contributed by atoms with Gasteiger partial charge >= 0.3 is 11.9 Å². The third-order valence-corrected chi connectivity index (χ3v) is 36.9. The third-order valence-electron chi connectivity index (χ3n) is 22.5. The Morgan fingerprint density at radius 1 is 0.500 bits per heavy atom. The summed E-state index contributed by atoms with van der Waals surface area (Å²) in [4.78, 5) is 38.0. The number of benzene rings is 8. The van der Waals surface area contributed by atoms with E-state index < -0.39 is 86.8 Å². The van der Waals surface area contributed by atoms with Crippen LogP contribution >= 0.6 is 31.9 Å². The summed E-state index contributed by atoms with van der Waals surface area (Å²) in [6, 6.07) is 72.6. The van der Waals surface area contributed by atoms with Crippen LogP contribution < -0.4 is 39.7 Å². The number of aliphatic hydroxyl groups is 1. The van der Waals surface area contributed by atoms with Crippen LogP contribution in [0, 0.1) is 23.7 Å². The van der Waals surface area contributed by atoms with E-state index in [-0.39, 0.29) is 62.4 Å². The second-order valence-corrected chi connectivity index (χ2v) is 61.1. The Morgan fingerprint density at radius 3 is 1.23 bits per heavy atom. The number of ether oxygens (including phenoxy) is 12. The maximum absolute atomic E-state index is 13.6. The van der Waals surface area contributed by atoms with Crippen LogP contribution in [0.2, 0.25) is 61.4 Å². The average Bonchev–Trinajstić information content (AvgIpc) is 0.952. The van der Waals surface area contributed by atoms with Crippen molar-refractivity contribution in [1.29, 1.82) is 0 Å². The minimum absolute atomic E-state index is 0.0243. The summed E-state index contributed by atoms with van der Waals surface area (Å²) >= 11 is 7.48. The summed E-state index contributed by atoms with van der Waals surface area (Å²) in [6.45, 7) is 39.3. The molecular weight excluding hydrogens is 1810 g/mol. The Bertz CT molecular complexity index is 4770. The van der Waals surface area contributed by atoms with Crippen molar-refractivity contribution in [3.63, 3.8) is 0 Å². The lowest BCUT2D eigenvalue weighted by atomic mass is 9.92. The van der Waals surface area contributed by atoms with Crippen molar-refractivity contribution in [2.24, 2.45) is 11.8 Å². The number of alkyl halides is 2. The van der Waals surface area contributed by atoms with Crippen LogP contribution in [-0.2, 0) is 64.4 Å². The van der Waals surface area contributed by atoms with Gasteiger partial charge in [-0.2, -0.15) is 0 Å². The lowest BCUT2D eigenvalue weighted by molar-refractivity contribution is -0.152. The first kappa shape index (κ1) is 105. The number of aliphatic hydroxyl groups excluding tert-OH is 1. The molecule has 2 aliphatic heterocycles. The second-order valence-electron chi connectivity index (χ2n) is 37.9. The zero-order valence-electron chi connectivity index (χ0n) is 79.2. The molecular formula is C104H138Br2O18Si4. The molecule has 1 unspecified atom stereocenters. The van der Waals surface area contributed by atoms with Crippen LogP contribution in [0.3, 0.4) is 0 Å². The summed E-state index contributed by atoms with van der Waals surface area (Å²) in [5.41, 5.74) is 4.16. The number of hydrogen-bond donors (Lipinski definition) is 1. The van der Waals surface area contributed by atoms with Crippen LogP contribution in [0.1, 0.15) is 145 Å². The molecule has 2 heterocycles. The molecule has 0 aromatic heterocycles. The molecule has 8 aromatic carbocycles. The SMILES string of the molecule is COCOc1cc(OC)cc(/C=C/C[C@@H]2OC(C)(C)O[C@@H]2C(O)C#C[C@@H](Cc2ccccc2)[C@H](C)O[Si](c2ccccc2)(c2ccccc2)C(C)(C)C)c1C(=O)OCC[Si](C)(C)C.COCOc1cc(OC)cc(/C=C/C[C@@H]2OC(C)(C)O[C@@H]2C=O)c1C(=O)OCC[Si](C)(C)C.C[C@@H](O[Si](c1ccccc1)(c1ccccc1)C(C)(C)C)[C@H](Cc1ccccc1)CC(Br)Br. The summed E-state index contributed by atoms with van der Waals surface area (Å²) < 4.78 is 83.4. The Labute approximate surface area is 783 Å². The van der Waals surface area contributed by atoms with Gasteiger partial charge in [0.2, 0.25) is 0 Å². The molecule has 0 spiro atoms. The van der Waals surface area contributed by atoms with E-state index in [0.717, 1.165) is 36.8 Å². The van der Waals surface area contributed by atoms with Crippen molar-refractivity contribution in [2.45, 2.75) is 235 Å². The van der Waals surface area contributed by atoms with Crippen molar-refractivity contribution >= 4 is 116 Å². The lowest BCUT2D eigenvalue weighted by Gasteiger charge is -2.46. The molecule has 2 saturated heterocycles. The van der Waals surface area contributed by atoms with Crippen LogP contribution in [0.4, 0.5) is 0 Å². The minimum Gasteiger partial charge on any atom is -0.497 e. The highest BCUT2D eigenvalue weighted by molar-refractivity contribution is 9.24. The second kappa shape index (κ2) is 49.0. The van der Waals surface area contributed by atoms with Gasteiger partial charge in [-0.25, -0.2) is 9.59 Å². The number of methoxy groups -OCH3 is 4. The van der Waals surface area contributed by atoms with Gasteiger partial charge in [0.25, 0.3) is 16.6 Å². The standard InChI is InChI=1S/C52H68O9Si2.C28H34Br2OSi.C24H36O8Si/c1-38(61-63(51(2,3)4,43-25-17-13-18-26-43)44-27-19-14-20-28-44)40(34-39-22-15-12-16-23-39)30-31-45(53)49-46(59-52(5,6)60-49)29-21-24-41-35-42(56-8)36-47(58-37-55-7)48(41)50(54)57-32-33-62(9,10)11;1-22(24(21-27(29)30)20-23-14-8-5-9-15-23)31-32(28(2,3)4,25-16-10-6-11-17-25)26-18-12-7-13-19-26;1-24(2)31-19(21(15-25)32-24)10-8-9-17-13-18(28-4)14-20(30-16-27-3)22(17)23(26)29-11-12-33(5,6)7/h12-28,35-36,38,40,45-46,49,53H,29,32-34,37H2,1-11H3;5-19,22,24,27H,20-21H2,1-4H3;8-9,13-15,19,21H,10-12,16H2,1-7H3/b24-21+;;9-8+/t38-,40-,45?,46-,49+;22-,24-;19-,21+/m010/s1. The highest BCUT2D eigenvalue weighted by Gasteiger charge is 2.54. The maximum atomic E-state index is 13.6. The molecule has 8 aromatic rings. The zero-order valence-corrected chi connectivity index (χ0v) is 86.4. The number of halogens is 2. The molecule has 0 bridgehead atoms. The van der Waals surface area contributed by atoms with Gasteiger partial charge in [-0.1, -0.05) is 331 Å². The summed E-state index contributed by atoms with van der Waals surface area (Å²) in [7, 11) is -2.20. The van der Waals surface area contributed by atoms with Crippen molar-refractivity contribution in [2.75, 3.05) is 55.2 Å². The molecule has 0 aliphatic carbocycles. The van der Waals surface area contributed by atoms with E-state index in [2.05, 4.69) is 290 Å². The highest BCUT2D eigenvalue weighted by atomic mass is 79.9. The summed E-state index contributed by atoms with van der Waals surface area (Å²) in [5, 5.41) is 16.7. The van der Waals surface area contributed by atoms with Gasteiger partial charge < -0.3 is 75.6 Å². The van der Waals surface area contributed by atoms with Crippen molar-refractivity contribution in [3.05, 3.63) is 252 Å². The molecule has 10 rings (SSSR count). The maximum Gasteiger partial charge on any atom is 0.342 e. The zero-order chi connectivity index (χ0) is 93.7. The predicted octanol–water partition coefficient (Wildman–Crippen LogP) is 20.9. The van der Waals surface area contributed by atoms with E-state index in [9.17, 15) is 19.5 Å². The van der Waals surface area contributed by atoms with Crippen molar-refractivity contribution < 1.29 is 85.2 Å². The Morgan fingerprint density at radius 2 is 0.867 bits per heavy atom. The van der Waals surface area contributed by atoms with Crippen LogP contribution in [-0.4, -0.2) is 169 Å². The molecule has 0 radical (unpaired) electrons. The van der Waals surface area contributed by atoms with Crippen molar-refractivity contribution in [1.82, 2.24) is 0 Å². The van der Waals surface area contributed by atoms with Crippen LogP contribution in [0.25, 0.3) is 12.2 Å². The number of carbonyl (C=O) groups is 3. The van der Waals surface area contributed by atoms with Crippen LogP contribution in [0.15, 0.2) is 218 Å². The summed E-state index contributed by atoms with van der Waals surface area (Å²) in [6.07, 6.45) is 7.67. The van der Waals surface area contributed by atoms with Gasteiger partial charge in [-0.3, -0.25) is 0 Å². The molecule has 0 amide bonds. The quantitative estimate of drug-likeness (QED) is 0.00948. The number of carbonyl (C=O) groups excluding carboxylic acids is 3. The van der Waals surface area contributed by atoms with Gasteiger partial charge in [0.1, 0.15) is 52.4 Å². The average molecular weight is 1950 g/mol. The molecule has 18 nitrogen and oxygen atoms in total. The topological polar surface area (TPSA) is 201 Å². The highest BCUT2D eigenvalue weighted by Crippen LogP contribution is 2.43. The van der Waals surface area contributed by atoms with E-state index in [1.54, 1.807) is 51.3 Å². The fourth-order valence-electron chi connectivity index (χ4n) is 16.0. The normalized spacial score (nSPS) is 17.6. The van der Waals surface area contributed by atoms with Gasteiger partial charge in [0, 0.05) is 54.5 Å². The molecule has 0 saturated carbocycles. The lowest BCUT2D eigenvalue weighted by Crippen LogP contribution is -2.68. The molecule has 128 heavy (non-hydrogen) atoms. The Hall–Kier alpha value is -7.92. The van der Waals surface area contributed by atoms with E-state index in [4.69, 9.17) is 65.7 Å². The van der Waals surface area contributed by atoms with Gasteiger partial charge in [-0.05, 0) is 157 Å². The Balaban J connectivity index is 0.000000261. The first-order valence-corrected chi connectivity index (χ1v) is 57.3. The fourth-order valence-corrected chi connectivity index (χ4v) is 27.9. The molecule has 24 heteroatoms. The predicted molar refractivity (Wildman–Crippen MR) is 533 cm³/mol. The van der Waals surface area contributed by atoms with E-state index >= 15 is 0 Å². The Kier molecular flexibility index (Phi) is 40.4. The first-order chi connectivity index (χ1) is 60.6. The molecule has 2 fully saturated rings. The molecule has 692 valence electrons.